The Labute approximate surface area is 118 Å². The average Bonchev–Trinajstić information content (AvgIpc) is 2.35. The lowest BCUT2D eigenvalue weighted by molar-refractivity contribution is 1.19. The van der Waals surface area contributed by atoms with E-state index >= 15 is 0 Å². The molecule has 0 saturated heterocycles. The summed E-state index contributed by atoms with van der Waals surface area (Å²) >= 11 is 12.0. The van der Waals surface area contributed by atoms with Gasteiger partial charge in [0.2, 0.25) is 0 Å². The molecular weight excluding hydrogens is 267 g/mol. The zero-order valence-electron chi connectivity index (χ0n) is 10.4. The van der Waals surface area contributed by atoms with Crippen molar-refractivity contribution in [2.75, 3.05) is 5.32 Å². The molecule has 18 heavy (non-hydrogen) atoms. The number of nitrogens with one attached hydrogen (secondary N) is 2. The number of allylic oxidation sites excluding steroid dienone is 3. The van der Waals surface area contributed by atoms with Gasteiger partial charge < -0.3 is 10.7 Å². The van der Waals surface area contributed by atoms with Crippen molar-refractivity contribution in [3.8, 4) is 0 Å². The van der Waals surface area contributed by atoms with Gasteiger partial charge in [-0.05, 0) is 31.1 Å². The van der Waals surface area contributed by atoms with Crippen LogP contribution in [-0.2, 0) is 0 Å². The Morgan fingerprint density at radius 2 is 2.11 bits per heavy atom. The van der Waals surface area contributed by atoms with Gasteiger partial charge in [-0.15, -0.1) is 0 Å². The predicted octanol–water partition coefficient (Wildman–Crippen LogP) is 5.30. The highest BCUT2D eigenvalue weighted by Crippen LogP contribution is 2.29. The van der Waals surface area contributed by atoms with Crippen LogP contribution in [0.15, 0.2) is 41.6 Å². The topological polar surface area (TPSA) is 35.9 Å². The highest BCUT2D eigenvalue weighted by molar-refractivity contribution is 6.43. The smallest absolute Gasteiger partial charge is 0.0826 e. The third kappa shape index (κ3) is 3.90. The van der Waals surface area contributed by atoms with Gasteiger partial charge in [-0.2, -0.15) is 0 Å². The molecule has 1 rings (SSSR count). The van der Waals surface area contributed by atoms with Crippen LogP contribution in [0.1, 0.15) is 20.3 Å². The Kier molecular flexibility index (Phi) is 5.96. The molecule has 1 aromatic rings. The van der Waals surface area contributed by atoms with E-state index in [-0.39, 0.29) is 0 Å². The summed E-state index contributed by atoms with van der Waals surface area (Å²) in [6.07, 6.45) is 6.08. The van der Waals surface area contributed by atoms with Gasteiger partial charge in [0.25, 0.3) is 0 Å². The molecule has 0 unspecified atom stereocenters. The number of hydrogen-bond acceptors (Lipinski definition) is 2. The van der Waals surface area contributed by atoms with E-state index in [4.69, 9.17) is 28.6 Å². The van der Waals surface area contributed by atoms with Crippen LogP contribution in [0.4, 0.5) is 5.69 Å². The number of anilines is 1. The van der Waals surface area contributed by atoms with Crippen molar-refractivity contribution < 1.29 is 0 Å². The van der Waals surface area contributed by atoms with E-state index < -0.39 is 0 Å². The molecule has 0 spiro atoms. The summed E-state index contributed by atoms with van der Waals surface area (Å²) in [6.45, 7) is 4.04. The monoisotopic (exact) mass is 282 g/mol. The molecule has 0 saturated carbocycles. The molecule has 1 aromatic carbocycles. The lowest BCUT2D eigenvalue weighted by Crippen LogP contribution is -1.95. The summed E-state index contributed by atoms with van der Waals surface area (Å²) in [6, 6.07) is 5.40. The molecule has 0 radical (unpaired) electrons. The van der Waals surface area contributed by atoms with Crippen molar-refractivity contribution in [1.82, 2.24) is 0 Å². The van der Waals surface area contributed by atoms with E-state index in [0.717, 1.165) is 23.3 Å². The van der Waals surface area contributed by atoms with E-state index in [0.29, 0.717) is 10.0 Å². The summed E-state index contributed by atoms with van der Waals surface area (Å²) in [7, 11) is 0. The standard InChI is InChI=1S/C14H16Cl2N2/c1-3-5-10(2)11(8-17)9-18-13-7-4-6-12(15)14(13)16/h4-9,17-18H,3H2,1-2H3/b10-5-,11-9+,17-8?. The van der Waals surface area contributed by atoms with Crippen molar-refractivity contribution in [3.63, 3.8) is 0 Å². The molecule has 0 aliphatic rings. The zero-order valence-corrected chi connectivity index (χ0v) is 11.9. The minimum absolute atomic E-state index is 0.483. The Morgan fingerprint density at radius 1 is 1.39 bits per heavy atom. The first-order valence-corrected chi connectivity index (χ1v) is 6.44. The first kappa shape index (κ1) is 14.8. The molecule has 0 aliphatic carbocycles. The van der Waals surface area contributed by atoms with Crippen LogP contribution in [0, 0.1) is 5.41 Å². The van der Waals surface area contributed by atoms with Gasteiger partial charge in [0.15, 0.2) is 0 Å². The molecule has 2 N–H and O–H groups in total. The Hall–Kier alpha value is -1.25. The van der Waals surface area contributed by atoms with Crippen molar-refractivity contribution in [1.29, 1.82) is 5.41 Å². The first-order valence-electron chi connectivity index (χ1n) is 5.68. The fourth-order valence-electron chi connectivity index (χ4n) is 1.46. The number of rotatable bonds is 5. The van der Waals surface area contributed by atoms with Crippen LogP contribution in [0.3, 0.4) is 0 Å². The van der Waals surface area contributed by atoms with Crippen molar-refractivity contribution in [3.05, 3.63) is 51.7 Å². The summed E-state index contributed by atoms with van der Waals surface area (Å²) < 4.78 is 0. The molecule has 0 aliphatic heterocycles. The molecule has 96 valence electrons. The van der Waals surface area contributed by atoms with Gasteiger partial charge in [-0.3, -0.25) is 0 Å². The van der Waals surface area contributed by atoms with Crippen molar-refractivity contribution >= 4 is 35.1 Å². The second-order valence-electron chi connectivity index (χ2n) is 3.79. The number of halogens is 2. The minimum Gasteiger partial charge on any atom is -0.360 e. The van der Waals surface area contributed by atoms with Crippen molar-refractivity contribution in [2.24, 2.45) is 0 Å². The van der Waals surface area contributed by atoms with Gasteiger partial charge in [0.05, 0.1) is 15.7 Å². The van der Waals surface area contributed by atoms with Gasteiger partial charge >= 0.3 is 0 Å². The number of benzene rings is 1. The molecule has 4 heteroatoms. The Bertz CT molecular complexity index is 491. The third-order valence-electron chi connectivity index (χ3n) is 2.46. The second-order valence-corrected chi connectivity index (χ2v) is 4.57. The van der Waals surface area contributed by atoms with Crippen LogP contribution < -0.4 is 5.32 Å². The fourth-order valence-corrected chi connectivity index (χ4v) is 1.82. The van der Waals surface area contributed by atoms with Gasteiger partial charge in [-0.25, -0.2) is 0 Å². The highest BCUT2D eigenvalue weighted by atomic mass is 35.5. The number of hydrogen-bond donors (Lipinski definition) is 2. The van der Waals surface area contributed by atoms with Crippen LogP contribution >= 0.6 is 23.2 Å². The lowest BCUT2D eigenvalue weighted by atomic mass is 10.1. The molecule has 0 bridgehead atoms. The lowest BCUT2D eigenvalue weighted by Gasteiger charge is -2.07. The Balaban J connectivity index is 2.93. The summed E-state index contributed by atoms with van der Waals surface area (Å²) in [5.74, 6) is 0. The third-order valence-corrected chi connectivity index (χ3v) is 3.27. The summed E-state index contributed by atoms with van der Waals surface area (Å²) in [4.78, 5) is 0. The maximum Gasteiger partial charge on any atom is 0.0826 e. The molecule has 0 fully saturated rings. The summed E-state index contributed by atoms with van der Waals surface area (Å²) in [5, 5.41) is 11.5. The normalized spacial score (nSPS) is 12.4. The van der Waals surface area contributed by atoms with Gasteiger partial charge in [0.1, 0.15) is 0 Å². The molecule has 0 atom stereocenters. The highest BCUT2D eigenvalue weighted by Gasteiger charge is 2.03. The van der Waals surface area contributed by atoms with Crippen LogP contribution in [0.2, 0.25) is 10.0 Å². The second kappa shape index (κ2) is 7.24. The fraction of sp³-hybridized carbons (Fsp3) is 0.214. The predicted molar refractivity (Wildman–Crippen MR) is 81.0 cm³/mol. The van der Waals surface area contributed by atoms with Crippen molar-refractivity contribution in [2.45, 2.75) is 20.3 Å². The minimum atomic E-state index is 0.483. The van der Waals surface area contributed by atoms with Crippen LogP contribution in [0.5, 0.6) is 0 Å². The molecule has 0 heterocycles. The largest absolute Gasteiger partial charge is 0.360 e. The first-order chi connectivity index (χ1) is 8.60. The molecule has 2 nitrogen and oxygen atoms in total. The quantitative estimate of drug-likeness (QED) is 0.558. The maximum absolute atomic E-state index is 7.40. The average molecular weight is 283 g/mol. The van der Waals surface area contributed by atoms with E-state index in [1.807, 2.05) is 19.1 Å². The van der Waals surface area contributed by atoms with Crippen LogP contribution in [-0.4, -0.2) is 6.21 Å². The van der Waals surface area contributed by atoms with E-state index in [9.17, 15) is 0 Å². The van der Waals surface area contributed by atoms with E-state index in [1.54, 1.807) is 12.3 Å². The van der Waals surface area contributed by atoms with E-state index in [2.05, 4.69) is 18.3 Å². The van der Waals surface area contributed by atoms with Gasteiger partial charge in [-0.1, -0.05) is 42.3 Å². The Morgan fingerprint density at radius 3 is 2.72 bits per heavy atom. The van der Waals surface area contributed by atoms with E-state index in [1.165, 1.54) is 6.21 Å². The zero-order chi connectivity index (χ0) is 13.5. The van der Waals surface area contributed by atoms with Gasteiger partial charge in [0, 0.05) is 18.0 Å². The molecular formula is C14H16Cl2N2. The molecule has 0 aromatic heterocycles. The summed E-state index contributed by atoms with van der Waals surface area (Å²) in [5.41, 5.74) is 2.60. The maximum atomic E-state index is 7.40. The SMILES string of the molecule is CC/C=C(C)\C(C=N)=C\Nc1cccc(Cl)c1Cl. The van der Waals surface area contributed by atoms with Crippen LogP contribution in [0.25, 0.3) is 0 Å². The molecule has 0 amide bonds.